The van der Waals surface area contributed by atoms with Gasteiger partial charge in [-0.1, -0.05) is 6.92 Å². The molecule has 4 heteroatoms. The van der Waals surface area contributed by atoms with Gasteiger partial charge in [0, 0.05) is 12.2 Å². The van der Waals surface area contributed by atoms with Gasteiger partial charge in [-0.25, -0.2) is 0 Å². The molecule has 0 aromatic carbocycles. The first-order chi connectivity index (χ1) is 9.02. The number of rotatable bonds is 8. The smallest absolute Gasteiger partial charge is 0.138 e. The van der Waals surface area contributed by atoms with Crippen LogP contribution in [-0.4, -0.2) is 43.2 Å². The van der Waals surface area contributed by atoms with Crippen LogP contribution in [0.15, 0.2) is 18.5 Å². The largest absolute Gasteiger partial charge is 0.489 e. The molecule has 1 heterocycles. The number of ether oxygens (including phenoxy) is 1. The van der Waals surface area contributed by atoms with E-state index in [1.165, 1.54) is 5.56 Å². The van der Waals surface area contributed by atoms with Gasteiger partial charge in [-0.3, -0.25) is 4.98 Å². The van der Waals surface area contributed by atoms with Gasteiger partial charge in [-0.15, -0.1) is 0 Å². The third-order valence-corrected chi connectivity index (χ3v) is 2.82. The first-order valence-electron chi connectivity index (χ1n) is 7.02. The molecule has 1 atom stereocenters. The summed E-state index contributed by atoms with van der Waals surface area (Å²) in [5, 5.41) is 3.51. The molecule has 4 nitrogen and oxygen atoms in total. The third kappa shape index (κ3) is 6.03. The lowest BCUT2D eigenvalue weighted by Crippen LogP contribution is -2.25. The predicted molar refractivity (Wildman–Crippen MR) is 79.6 cm³/mol. The van der Waals surface area contributed by atoms with E-state index in [4.69, 9.17) is 4.74 Å². The molecule has 0 fully saturated rings. The van der Waals surface area contributed by atoms with Crippen LogP contribution >= 0.6 is 0 Å². The Morgan fingerprint density at radius 3 is 2.63 bits per heavy atom. The van der Waals surface area contributed by atoms with Gasteiger partial charge in [-0.05, 0) is 59.1 Å². The second kappa shape index (κ2) is 8.12. The van der Waals surface area contributed by atoms with Crippen molar-refractivity contribution in [2.24, 2.45) is 0 Å². The predicted octanol–water partition coefficient (Wildman–Crippen LogP) is 2.47. The minimum Gasteiger partial charge on any atom is -0.489 e. The minimum atomic E-state index is 0.177. The van der Waals surface area contributed by atoms with Gasteiger partial charge in [-0.2, -0.15) is 0 Å². The second-order valence-corrected chi connectivity index (χ2v) is 5.32. The Morgan fingerprint density at radius 1 is 1.32 bits per heavy atom. The number of pyridine rings is 1. The van der Waals surface area contributed by atoms with Crippen molar-refractivity contribution in [1.82, 2.24) is 15.2 Å². The molecule has 0 amide bonds. The highest BCUT2D eigenvalue weighted by molar-refractivity contribution is 5.26. The number of nitrogens with zero attached hydrogens (tertiary/aromatic N) is 2. The van der Waals surface area contributed by atoms with Crippen LogP contribution in [0.1, 0.15) is 38.8 Å². The summed E-state index contributed by atoms with van der Waals surface area (Å²) in [5.74, 6) is 0.847. The molecule has 0 spiro atoms. The lowest BCUT2D eigenvalue weighted by molar-refractivity contribution is 0.241. The zero-order valence-corrected chi connectivity index (χ0v) is 12.8. The van der Waals surface area contributed by atoms with Crippen molar-refractivity contribution >= 4 is 0 Å². The van der Waals surface area contributed by atoms with Crippen molar-refractivity contribution in [3.8, 4) is 5.75 Å². The fourth-order valence-electron chi connectivity index (χ4n) is 1.98. The lowest BCUT2D eigenvalue weighted by atomic mass is 10.1. The molecule has 1 aromatic rings. The Morgan fingerprint density at radius 2 is 2.05 bits per heavy atom. The highest BCUT2D eigenvalue weighted by Crippen LogP contribution is 2.21. The Balaban J connectivity index is 2.76. The van der Waals surface area contributed by atoms with Crippen LogP contribution in [0.5, 0.6) is 5.75 Å². The molecule has 1 unspecified atom stereocenters. The number of nitrogens with one attached hydrogen (secondary N) is 1. The fraction of sp³-hybridized carbons (Fsp3) is 0.667. The van der Waals surface area contributed by atoms with E-state index in [1.807, 2.05) is 20.0 Å². The SMILES string of the molecule is CCNC(CCN(C)C)c1cncc(OC(C)C)c1. The molecule has 1 aromatic heterocycles. The normalized spacial score (nSPS) is 13.0. The average molecular weight is 265 g/mol. The van der Waals surface area contributed by atoms with Gasteiger partial charge in [0.05, 0.1) is 12.3 Å². The quantitative estimate of drug-likeness (QED) is 0.783. The summed E-state index contributed by atoms with van der Waals surface area (Å²) < 4.78 is 5.71. The second-order valence-electron chi connectivity index (χ2n) is 5.32. The average Bonchev–Trinajstić information content (AvgIpc) is 2.33. The summed E-state index contributed by atoms with van der Waals surface area (Å²) in [7, 11) is 4.19. The molecule has 0 aliphatic rings. The van der Waals surface area contributed by atoms with Crippen molar-refractivity contribution in [3.05, 3.63) is 24.0 Å². The minimum absolute atomic E-state index is 0.177. The maximum atomic E-state index is 5.71. The molecule has 0 saturated heterocycles. The molecule has 1 N–H and O–H groups in total. The number of hydrogen-bond acceptors (Lipinski definition) is 4. The monoisotopic (exact) mass is 265 g/mol. The van der Waals surface area contributed by atoms with E-state index in [2.05, 4.69) is 42.3 Å². The van der Waals surface area contributed by atoms with Crippen LogP contribution in [0.25, 0.3) is 0 Å². The summed E-state index contributed by atoms with van der Waals surface area (Å²) >= 11 is 0. The zero-order chi connectivity index (χ0) is 14.3. The topological polar surface area (TPSA) is 37.4 Å². The van der Waals surface area contributed by atoms with Gasteiger partial charge in [0.15, 0.2) is 0 Å². The molecule has 108 valence electrons. The molecule has 19 heavy (non-hydrogen) atoms. The summed E-state index contributed by atoms with van der Waals surface area (Å²) in [5.41, 5.74) is 1.20. The molecule has 0 saturated carbocycles. The summed E-state index contributed by atoms with van der Waals surface area (Å²) in [6.07, 6.45) is 4.94. The molecule has 1 rings (SSSR count). The molecule has 0 radical (unpaired) electrons. The summed E-state index contributed by atoms with van der Waals surface area (Å²) in [4.78, 5) is 6.49. The van der Waals surface area contributed by atoms with Crippen molar-refractivity contribution in [2.45, 2.75) is 39.3 Å². The Kier molecular flexibility index (Phi) is 6.81. The Bertz CT molecular complexity index is 366. The van der Waals surface area contributed by atoms with E-state index in [1.54, 1.807) is 6.20 Å². The van der Waals surface area contributed by atoms with Crippen LogP contribution in [0, 0.1) is 0 Å². The van der Waals surface area contributed by atoms with Crippen molar-refractivity contribution in [1.29, 1.82) is 0 Å². The highest BCUT2D eigenvalue weighted by atomic mass is 16.5. The van der Waals surface area contributed by atoms with Crippen molar-refractivity contribution in [3.63, 3.8) is 0 Å². The van der Waals surface area contributed by atoms with Crippen LogP contribution in [-0.2, 0) is 0 Å². The van der Waals surface area contributed by atoms with Crippen LogP contribution in [0.3, 0.4) is 0 Å². The first-order valence-corrected chi connectivity index (χ1v) is 7.02. The zero-order valence-electron chi connectivity index (χ0n) is 12.8. The van der Waals surface area contributed by atoms with Crippen LogP contribution in [0.4, 0.5) is 0 Å². The van der Waals surface area contributed by atoms with E-state index >= 15 is 0 Å². The van der Waals surface area contributed by atoms with E-state index in [0.29, 0.717) is 6.04 Å². The maximum Gasteiger partial charge on any atom is 0.138 e. The molecular formula is C15H27N3O. The highest BCUT2D eigenvalue weighted by Gasteiger charge is 2.12. The standard InChI is InChI=1S/C15H27N3O/c1-6-17-15(7-8-18(4)5)13-9-14(11-16-10-13)19-12(2)3/h9-12,15,17H,6-8H2,1-5H3. The van der Waals surface area contributed by atoms with Gasteiger partial charge in [0.2, 0.25) is 0 Å². The number of aromatic nitrogens is 1. The number of hydrogen-bond donors (Lipinski definition) is 1. The molecule has 0 bridgehead atoms. The van der Waals surface area contributed by atoms with Crippen molar-refractivity contribution < 1.29 is 4.74 Å². The molecule has 0 aliphatic heterocycles. The summed E-state index contributed by atoms with van der Waals surface area (Å²) in [6.45, 7) is 8.19. The Hall–Kier alpha value is -1.13. The fourth-order valence-corrected chi connectivity index (χ4v) is 1.98. The van der Waals surface area contributed by atoms with E-state index < -0.39 is 0 Å². The van der Waals surface area contributed by atoms with Gasteiger partial charge in [0.1, 0.15) is 5.75 Å². The van der Waals surface area contributed by atoms with Crippen LogP contribution in [0.2, 0.25) is 0 Å². The third-order valence-electron chi connectivity index (χ3n) is 2.82. The van der Waals surface area contributed by atoms with Crippen LogP contribution < -0.4 is 10.1 Å². The van der Waals surface area contributed by atoms with Gasteiger partial charge < -0.3 is 15.0 Å². The van der Waals surface area contributed by atoms with Crippen molar-refractivity contribution in [2.75, 3.05) is 27.2 Å². The molecule has 0 aliphatic carbocycles. The Labute approximate surface area is 117 Å². The van der Waals surface area contributed by atoms with Gasteiger partial charge in [0.25, 0.3) is 0 Å². The van der Waals surface area contributed by atoms with E-state index in [9.17, 15) is 0 Å². The first kappa shape index (κ1) is 15.9. The van der Waals surface area contributed by atoms with E-state index in [-0.39, 0.29) is 6.10 Å². The lowest BCUT2D eigenvalue weighted by Gasteiger charge is -2.21. The van der Waals surface area contributed by atoms with E-state index in [0.717, 1.165) is 25.3 Å². The maximum absolute atomic E-state index is 5.71. The molecular weight excluding hydrogens is 238 g/mol. The van der Waals surface area contributed by atoms with Gasteiger partial charge >= 0.3 is 0 Å². The summed E-state index contributed by atoms with van der Waals surface area (Å²) in [6, 6.07) is 2.42.